The number of rotatable bonds is 5. The van der Waals surface area contributed by atoms with Crippen LogP contribution in [0.4, 0.5) is 15.9 Å². The number of amides is 1. The Morgan fingerprint density at radius 3 is 2.35 bits per heavy atom. The largest absolute Gasteiger partial charge is 0.383 e. The van der Waals surface area contributed by atoms with Gasteiger partial charge in [0.1, 0.15) is 17.2 Å². The van der Waals surface area contributed by atoms with Crippen LogP contribution in [0.25, 0.3) is 27.9 Å². The van der Waals surface area contributed by atoms with Gasteiger partial charge < -0.3 is 11.1 Å². The summed E-state index contributed by atoms with van der Waals surface area (Å²) in [7, 11) is 1.74. The highest BCUT2D eigenvalue weighted by Gasteiger charge is 2.22. The Kier molecular flexibility index (Phi) is 6.15. The molecule has 0 aliphatic heterocycles. The predicted octanol–water partition coefficient (Wildman–Crippen LogP) is 5.19. The molecule has 0 saturated heterocycles. The fourth-order valence-corrected chi connectivity index (χ4v) is 4.29. The van der Waals surface area contributed by atoms with Crippen LogP contribution < -0.4 is 16.6 Å². The van der Waals surface area contributed by atoms with Gasteiger partial charge in [0.2, 0.25) is 0 Å². The van der Waals surface area contributed by atoms with Crippen LogP contribution in [0, 0.1) is 12.7 Å². The number of benzene rings is 3. The van der Waals surface area contributed by atoms with E-state index in [1.807, 2.05) is 36.4 Å². The predicted molar refractivity (Wildman–Crippen MR) is 143 cm³/mol. The van der Waals surface area contributed by atoms with E-state index in [9.17, 15) is 14.0 Å². The molecule has 7 nitrogen and oxygen atoms in total. The van der Waals surface area contributed by atoms with Gasteiger partial charge in [-0.1, -0.05) is 42.5 Å². The van der Waals surface area contributed by atoms with Gasteiger partial charge in [-0.15, -0.1) is 0 Å². The number of para-hydroxylation sites is 1. The van der Waals surface area contributed by atoms with Crippen molar-refractivity contribution in [1.82, 2.24) is 14.3 Å². The van der Waals surface area contributed by atoms with E-state index >= 15 is 0 Å². The molecule has 0 bridgehead atoms. The van der Waals surface area contributed by atoms with Gasteiger partial charge in [-0.3, -0.25) is 14.3 Å². The van der Waals surface area contributed by atoms with Crippen molar-refractivity contribution in [3.05, 3.63) is 119 Å². The summed E-state index contributed by atoms with van der Waals surface area (Å²) in [5, 5.41) is 2.81. The maximum absolute atomic E-state index is 13.7. The highest BCUT2D eigenvalue weighted by atomic mass is 19.1. The molecule has 2 aromatic heterocycles. The number of nitrogens with one attached hydrogen (secondary N) is 1. The number of hydrogen-bond acceptors (Lipinski definition) is 4. The molecule has 1 amide bonds. The van der Waals surface area contributed by atoms with Crippen molar-refractivity contribution in [2.24, 2.45) is 7.05 Å². The first-order chi connectivity index (χ1) is 17.8. The number of carbonyl (C=O) groups is 1. The number of hydrogen-bond donors (Lipinski definition) is 2. The summed E-state index contributed by atoms with van der Waals surface area (Å²) in [6, 6.07) is 24.3. The molecule has 0 aliphatic rings. The molecule has 37 heavy (non-hydrogen) atoms. The summed E-state index contributed by atoms with van der Waals surface area (Å²) >= 11 is 0. The summed E-state index contributed by atoms with van der Waals surface area (Å²) in [5.41, 5.74) is 10.4. The molecule has 3 aromatic carbocycles. The topological polar surface area (TPSA) is 94.9 Å². The van der Waals surface area contributed by atoms with Crippen LogP contribution in [0.5, 0.6) is 0 Å². The Bertz CT molecular complexity index is 1670. The van der Waals surface area contributed by atoms with Gasteiger partial charge in [-0.2, -0.15) is 0 Å². The third-order valence-corrected chi connectivity index (χ3v) is 6.31. The fraction of sp³-hybridized carbons (Fsp3) is 0.0690. The van der Waals surface area contributed by atoms with Gasteiger partial charge in [0.25, 0.3) is 11.5 Å². The minimum absolute atomic E-state index is 0.0756. The molecule has 5 rings (SSSR count). The average Bonchev–Trinajstić information content (AvgIpc) is 3.13. The Morgan fingerprint density at radius 1 is 0.919 bits per heavy atom. The van der Waals surface area contributed by atoms with Crippen LogP contribution in [-0.2, 0) is 7.05 Å². The minimum Gasteiger partial charge on any atom is -0.383 e. The highest BCUT2D eigenvalue weighted by Crippen LogP contribution is 2.30. The standard InChI is InChI=1S/C29H24FN5O2/c1-18-26(29(37)35(34(18)2)24-9-4-3-5-10-24)28(36)33-23-13-11-19(12-14-23)25-16-21(17-32-27(25)31)20-7-6-8-22(30)15-20/h3-17H,1-2H3,(H2,31,32)(H,33,36). The maximum Gasteiger partial charge on any atom is 0.284 e. The van der Waals surface area contributed by atoms with Crippen molar-refractivity contribution in [2.45, 2.75) is 6.92 Å². The third-order valence-electron chi connectivity index (χ3n) is 6.31. The van der Waals surface area contributed by atoms with E-state index in [-0.39, 0.29) is 11.4 Å². The highest BCUT2D eigenvalue weighted by molar-refractivity contribution is 6.05. The molecule has 8 heteroatoms. The number of anilines is 2. The summed E-state index contributed by atoms with van der Waals surface area (Å²) in [6.45, 7) is 1.74. The van der Waals surface area contributed by atoms with E-state index in [2.05, 4.69) is 10.3 Å². The van der Waals surface area contributed by atoms with Crippen LogP contribution in [0.3, 0.4) is 0 Å². The van der Waals surface area contributed by atoms with Crippen LogP contribution >= 0.6 is 0 Å². The van der Waals surface area contributed by atoms with Gasteiger partial charge in [0.15, 0.2) is 0 Å². The number of carbonyl (C=O) groups excluding carboxylic acids is 1. The van der Waals surface area contributed by atoms with Gasteiger partial charge in [-0.25, -0.2) is 14.1 Å². The molecule has 2 heterocycles. The van der Waals surface area contributed by atoms with E-state index in [4.69, 9.17) is 5.73 Å². The van der Waals surface area contributed by atoms with Crippen molar-refractivity contribution >= 4 is 17.4 Å². The summed E-state index contributed by atoms with van der Waals surface area (Å²) in [6.07, 6.45) is 1.60. The molecule has 0 unspecified atom stereocenters. The molecule has 184 valence electrons. The zero-order chi connectivity index (χ0) is 26.1. The third kappa shape index (κ3) is 4.52. The molecule has 0 saturated carbocycles. The molecule has 5 aromatic rings. The quantitative estimate of drug-likeness (QED) is 0.352. The molecule has 0 aliphatic carbocycles. The molecular formula is C29H24FN5O2. The van der Waals surface area contributed by atoms with Crippen molar-refractivity contribution in [3.8, 4) is 27.9 Å². The monoisotopic (exact) mass is 493 g/mol. The van der Waals surface area contributed by atoms with Crippen LogP contribution in [0.2, 0.25) is 0 Å². The van der Waals surface area contributed by atoms with Crippen molar-refractivity contribution in [2.75, 3.05) is 11.1 Å². The number of nitrogens with two attached hydrogens (primary N) is 1. The fourth-order valence-electron chi connectivity index (χ4n) is 4.29. The van der Waals surface area contributed by atoms with Crippen LogP contribution in [0.15, 0.2) is 95.9 Å². The second-order valence-electron chi connectivity index (χ2n) is 8.64. The number of halogens is 1. The number of pyridine rings is 1. The van der Waals surface area contributed by atoms with Gasteiger partial charge >= 0.3 is 0 Å². The molecular weight excluding hydrogens is 469 g/mol. The zero-order valence-corrected chi connectivity index (χ0v) is 20.3. The first kappa shape index (κ1) is 23.7. The SMILES string of the molecule is Cc1c(C(=O)Nc2ccc(-c3cc(-c4cccc(F)c4)cnc3N)cc2)c(=O)n(-c2ccccc2)n1C. The van der Waals surface area contributed by atoms with Gasteiger partial charge in [0.05, 0.1) is 11.4 Å². The Hall–Kier alpha value is -4.98. The molecule has 0 fully saturated rings. The average molecular weight is 494 g/mol. The Labute approximate surface area is 212 Å². The lowest BCUT2D eigenvalue weighted by atomic mass is 10.0. The van der Waals surface area contributed by atoms with Crippen LogP contribution in [-0.4, -0.2) is 20.3 Å². The zero-order valence-electron chi connectivity index (χ0n) is 20.3. The van der Waals surface area contributed by atoms with Gasteiger partial charge in [0, 0.05) is 30.1 Å². The van der Waals surface area contributed by atoms with Crippen LogP contribution in [0.1, 0.15) is 16.1 Å². The van der Waals surface area contributed by atoms with Gasteiger partial charge in [-0.05, 0) is 60.5 Å². The lowest BCUT2D eigenvalue weighted by molar-refractivity contribution is 0.102. The summed E-state index contributed by atoms with van der Waals surface area (Å²) < 4.78 is 16.8. The Balaban J connectivity index is 1.41. The van der Waals surface area contributed by atoms with E-state index < -0.39 is 11.5 Å². The molecule has 0 spiro atoms. The summed E-state index contributed by atoms with van der Waals surface area (Å²) in [5.74, 6) is -0.492. The van der Waals surface area contributed by atoms with Crippen molar-refractivity contribution < 1.29 is 9.18 Å². The smallest absolute Gasteiger partial charge is 0.284 e. The molecule has 0 radical (unpaired) electrons. The second kappa shape index (κ2) is 9.58. The second-order valence-corrected chi connectivity index (χ2v) is 8.64. The van der Waals surface area contributed by atoms with Crippen molar-refractivity contribution in [3.63, 3.8) is 0 Å². The Morgan fingerprint density at radius 2 is 1.65 bits per heavy atom. The lowest BCUT2D eigenvalue weighted by Gasteiger charge is -2.10. The molecule has 0 atom stereocenters. The molecule has 3 N–H and O–H groups in total. The number of nitrogen functional groups attached to an aromatic ring is 1. The normalized spacial score (nSPS) is 10.9. The van der Waals surface area contributed by atoms with E-state index in [1.54, 1.807) is 61.2 Å². The number of aromatic nitrogens is 3. The first-order valence-electron chi connectivity index (χ1n) is 11.6. The number of nitrogens with zero attached hydrogens (tertiary/aromatic N) is 3. The van der Waals surface area contributed by atoms with E-state index in [0.29, 0.717) is 34.0 Å². The summed E-state index contributed by atoms with van der Waals surface area (Å²) in [4.78, 5) is 30.5. The lowest BCUT2D eigenvalue weighted by Crippen LogP contribution is -2.25. The van der Waals surface area contributed by atoms with E-state index in [1.165, 1.54) is 16.8 Å². The maximum atomic E-state index is 13.7. The van der Waals surface area contributed by atoms with Crippen molar-refractivity contribution in [1.29, 1.82) is 0 Å². The minimum atomic E-state index is -0.491. The van der Waals surface area contributed by atoms with E-state index in [0.717, 1.165) is 11.1 Å². The first-order valence-corrected chi connectivity index (χ1v) is 11.6.